The van der Waals surface area contributed by atoms with Gasteiger partial charge < -0.3 is 14.7 Å². The number of hydrogen-bond acceptors (Lipinski definition) is 5. The van der Waals surface area contributed by atoms with Crippen molar-refractivity contribution in [3.63, 3.8) is 0 Å². The van der Waals surface area contributed by atoms with E-state index < -0.39 is 80.3 Å². The molecule has 7 nitrogen and oxygen atoms in total. The molecule has 2 aromatic rings. The zero-order chi connectivity index (χ0) is 29.7. The zero-order valence-corrected chi connectivity index (χ0v) is 22.5. The summed E-state index contributed by atoms with van der Waals surface area (Å²) in [4.78, 5) is 12.3. The molecule has 0 bridgehead atoms. The maximum Gasteiger partial charge on any atom is 0.420 e. The number of aliphatic carboxylic acids is 1. The van der Waals surface area contributed by atoms with Crippen LogP contribution in [0.4, 0.5) is 37.7 Å². The normalized spacial score (nSPS) is 20.8. The van der Waals surface area contributed by atoms with Crippen LogP contribution in [0.5, 0.6) is 5.75 Å². The number of carboxylic acid groups (broad SMARTS) is 1. The molecule has 0 radical (unpaired) electrons. The number of carbonyl (C=O) groups is 1. The highest BCUT2D eigenvalue weighted by Gasteiger charge is 2.47. The summed E-state index contributed by atoms with van der Waals surface area (Å²) < 4.78 is 118. The number of carboxylic acids is 1. The number of ether oxygens (including phenoxy) is 1. The Bertz CT molecular complexity index is 1390. The van der Waals surface area contributed by atoms with E-state index >= 15 is 0 Å². The average molecular weight is 595 g/mol. The van der Waals surface area contributed by atoms with Crippen molar-refractivity contribution >= 4 is 27.4 Å². The van der Waals surface area contributed by atoms with Crippen molar-refractivity contribution < 1.29 is 49.4 Å². The molecule has 2 aromatic carbocycles. The van der Waals surface area contributed by atoms with Crippen LogP contribution < -0.4 is 9.64 Å². The van der Waals surface area contributed by atoms with Crippen LogP contribution in [0.25, 0.3) is 0 Å². The molecule has 14 heteroatoms. The van der Waals surface area contributed by atoms with Gasteiger partial charge in [0.1, 0.15) is 28.5 Å². The molecule has 0 spiro atoms. The molecule has 1 aliphatic heterocycles. The summed E-state index contributed by atoms with van der Waals surface area (Å²) in [5, 5.41) is 9.56. The van der Waals surface area contributed by atoms with Gasteiger partial charge in [0.25, 0.3) is 0 Å². The number of likely N-dealkylation sites (N-methyl/N-ethyl adjacent to an activating group) is 1. The first-order chi connectivity index (χ1) is 18.4. The number of hydrogen-bond donors (Lipinski definition) is 1. The van der Waals surface area contributed by atoms with Gasteiger partial charge in [-0.15, -0.1) is 0 Å². The fourth-order valence-electron chi connectivity index (χ4n) is 4.90. The standard InChI is InChI=1S/C26H28F6N2O5S/c1-24(28,29)10-7-18-14-34(17-6-3-5-16(27)11-17)20-12-19(26(30,31)32)21(13-22(20)40(37,38)33(18)2)39-15-25(23(35)36)8-4-9-25/h3,5-6,11-13,18H,4,7-10,14-15H2,1-2H3,(H,35,36)/t18-/m1/s1. The molecule has 0 aromatic heterocycles. The maximum absolute atomic E-state index is 14.3. The van der Waals surface area contributed by atoms with E-state index in [9.17, 15) is 44.7 Å². The lowest BCUT2D eigenvalue weighted by molar-refractivity contribution is -0.157. The zero-order valence-electron chi connectivity index (χ0n) is 21.6. The Morgan fingerprint density at radius 1 is 1.15 bits per heavy atom. The van der Waals surface area contributed by atoms with Crippen molar-refractivity contribution in [1.82, 2.24) is 4.31 Å². The Labute approximate surface area is 227 Å². The number of halogens is 6. The Morgan fingerprint density at radius 3 is 2.35 bits per heavy atom. The van der Waals surface area contributed by atoms with Gasteiger partial charge in [0, 0.05) is 37.8 Å². The van der Waals surface area contributed by atoms with E-state index in [2.05, 4.69) is 0 Å². The molecule has 1 aliphatic carbocycles. The van der Waals surface area contributed by atoms with Crippen LogP contribution >= 0.6 is 0 Å². The van der Waals surface area contributed by atoms with Gasteiger partial charge in [-0.3, -0.25) is 4.79 Å². The molecule has 0 amide bonds. The molecule has 1 saturated carbocycles. The molecule has 0 saturated heterocycles. The Hall–Kier alpha value is -3.00. The van der Waals surface area contributed by atoms with Crippen molar-refractivity contribution in [3.8, 4) is 5.75 Å². The second-order valence-electron chi connectivity index (χ2n) is 10.4. The van der Waals surface area contributed by atoms with Crippen LogP contribution in [-0.2, 0) is 21.0 Å². The smallest absolute Gasteiger partial charge is 0.420 e. The second kappa shape index (κ2) is 10.4. The molecule has 1 N–H and O–H groups in total. The van der Waals surface area contributed by atoms with Crippen molar-refractivity contribution in [1.29, 1.82) is 0 Å². The Kier molecular flexibility index (Phi) is 7.82. The van der Waals surface area contributed by atoms with Gasteiger partial charge in [-0.1, -0.05) is 12.5 Å². The summed E-state index contributed by atoms with van der Waals surface area (Å²) in [6.07, 6.45) is -5.16. The third-order valence-corrected chi connectivity index (χ3v) is 9.47. The Morgan fingerprint density at radius 2 is 1.82 bits per heavy atom. The maximum atomic E-state index is 14.3. The third kappa shape index (κ3) is 5.87. The van der Waals surface area contributed by atoms with E-state index in [4.69, 9.17) is 4.74 Å². The highest BCUT2D eigenvalue weighted by atomic mass is 32.2. The molecular weight excluding hydrogens is 566 g/mol. The number of nitrogens with zero attached hydrogens (tertiary/aromatic N) is 2. The monoisotopic (exact) mass is 594 g/mol. The van der Waals surface area contributed by atoms with Crippen LogP contribution in [0, 0.1) is 11.2 Å². The van der Waals surface area contributed by atoms with E-state index in [0.29, 0.717) is 25.5 Å². The summed E-state index contributed by atoms with van der Waals surface area (Å²) in [5.41, 5.74) is -3.18. The van der Waals surface area contributed by atoms with E-state index in [1.165, 1.54) is 12.1 Å². The highest BCUT2D eigenvalue weighted by molar-refractivity contribution is 7.89. The fourth-order valence-corrected chi connectivity index (χ4v) is 6.47. The summed E-state index contributed by atoms with van der Waals surface area (Å²) in [5.74, 6) is -6.00. The van der Waals surface area contributed by atoms with Crippen molar-refractivity contribution in [3.05, 3.63) is 47.8 Å². The summed E-state index contributed by atoms with van der Waals surface area (Å²) >= 11 is 0. The van der Waals surface area contributed by atoms with Crippen LogP contribution in [-0.4, -0.2) is 56.0 Å². The number of fused-ring (bicyclic) bond motifs is 1. The van der Waals surface area contributed by atoms with Gasteiger partial charge >= 0.3 is 12.1 Å². The SMILES string of the molecule is CN1[C@H](CCC(C)(F)F)CN(c2cccc(F)c2)c2cc(C(F)(F)F)c(OCC3(C(=O)O)CCC3)cc2S1(=O)=O. The molecule has 0 unspecified atom stereocenters. The largest absolute Gasteiger partial charge is 0.492 e. The first kappa shape index (κ1) is 30.0. The van der Waals surface area contributed by atoms with Gasteiger partial charge in [-0.2, -0.15) is 17.5 Å². The van der Waals surface area contributed by atoms with Gasteiger partial charge in [-0.25, -0.2) is 21.6 Å². The molecule has 2 aliphatic rings. The van der Waals surface area contributed by atoms with Crippen LogP contribution in [0.2, 0.25) is 0 Å². The number of benzene rings is 2. The lowest BCUT2D eigenvalue weighted by Crippen LogP contribution is -2.43. The van der Waals surface area contributed by atoms with Gasteiger partial charge in [0.2, 0.25) is 15.9 Å². The van der Waals surface area contributed by atoms with E-state index in [-0.39, 0.29) is 31.5 Å². The number of sulfonamides is 1. The Balaban J connectivity index is 1.89. The first-order valence-corrected chi connectivity index (χ1v) is 13.9. The summed E-state index contributed by atoms with van der Waals surface area (Å²) in [6, 6.07) is 4.87. The lowest BCUT2D eigenvalue weighted by Gasteiger charge is -2.37. The minimum atomic E-state index is -5.04. The molecule has 1 fully saturated rings. The topological polar surface area (TPSA) is 87.2 Å². The first-order valence-electron chi connectivity index (χ1n) is 12.5. The van der Waals surface area contributed by atoms with E-state index in [0.717, 1.165) is 28.4 Å². The van der Waals surface area contributed by atoms with Crippen molar-refractivity contribution in [2.45, 2.75) is 62.1 Å². The molecule has 40 heavy (non-hydrogen) atoms. The number of anilines is 2. The predicted molar refractivity (Wildman–Crippen MR) is 133 cm³/mol. The molecule has 220 valence electrons. The second-order valence-corrected chi connectivity index (χ2v) is 12.4. The number of alkyl halides is 5. The number of rotatable bonds is 8. The van der Waals surface area contributed by atoms with Gasteiger partial charge in [-0.05, 0) is 50.5 Å². The molecule has 1 atom stereocenters. The predicted octanol–water partition coefficient (Wildman–Crippen LogP) is 6.05. The quantitative estimate of drug-likeness (QED) is 0.375. The van der Waals surface area contributed by atoms with E-state index in [1.54, 1.807) is 0 Å². The minimum absolute atomic E-state index is 0.0149. The molecule has 1 heterocycles. The van der Waals surface area contributed by atoms with Crippen LogP contribution in [0.15, 0.2) is 41.3 Å². The molecular formula is C26H28F6N2O5S. The molecule has 4 rings (SSSR count). The van der Waals surface area contributed by atoms with Gasteiger partial charge in [0.15, 0.2) is 0 Å². The minimum Gasteiger partial charge on any atom is -0.492 e. The van der Waals surface area contributed by atoms with Crippen molar-refractivity contribution in [2.24, 2.45) is 5.41 Å². The van der Waals surface area contributed by atoms with Crippen LogP contribution in [0.3, 0.4) is 0 Å². The van der Waals surface area contributed by atoms with Crippen molar-refractivity contribution in [2.75, 3.05) is 25.1 Å². The van der Waals surface area contributed by atoms with Crippen LogP contribution in [0.1, 0.15) is 44.6 Å². The third-order valence-electron chi connectivity index (χ3n) is 7.53. The fraction of sp³-hybridized carbons (Fsp3) is 0.500. The summed E-state index contributed by atoms with van der Waals surface area (Å²) in [6.45, 7) is -0.285. The van der Waals surface area contributed by atoms with E-state index in [1.807, 2.05) is 0 Å². The summed E-state index contributed by atoms with van der Waals surface area (Å²) in [7, 11) is -3.44. The van der Waals surface area contributed by atoms with Gasteiger partial charge in [0.05, 0.1) is 11.3 Å². The highest BCUT2D eigenvalue weighted by Crippen LogP contribution is 2.47. The lowest BCUT2D eigenvalue weighted by atomic mass is 9.69. The average Bonchev–Trinajstić information content (AvgIpc) is 2.88.